The highest BCUT2D eigenvalue weighted by atomic mass is 32.2. The molecule has 7 heteroatoms. The Morgan fingerprint density at radius 2 is 1.68 bits per heavy atom. The first-order valence-corrected chi connectivity index (χ1v) is 10.8. The summed E-state index contributed by atoms with van der Waals surface area (Å²) in [5, 5.41) is 0. The Balaban J connectivity index is 1.57. The zero-order valence-corrected chi connectivity index (χ0v) is 16.7. The molecular formula is C21H25NO5S. The van der Waals surface area contributed by atoms with Gasteiger partial charge >= 0.3 is 5.97 Å². The van der Waals surface area contributed by atoms with E-state index in [1.165, 1.54) is 24.8 Å². The largest absolute Gasteiger partial charge is 0.482 e. The van der Waals surface area contributed by atoms with Gasteiger partial charge in [0.2, 0.25) is 10.0 Å². The minimum atomic E-state index is -3.52. The Hall–Kier alpha value is -2.38. The quantitative estimate of drug-likeness (QED) is 0.665. The van der Waals surface area contributed by atoms with Gasteiger partial charge in [0.05, 0.1) is 12.0 Å². The van der Waals surface area contributed by atoms with E-state index in [0.717, 1.165) is 19.3 Å². The molecule has 0 atom stereocenters. The van der Waals surface area contributed by atoms with Crippen LogP contribution in [-0.2, 0) is 26.0 Å². The van der Waals surface area contributed by atoms with E-state index in [2.05, 4.69) is 16.9 Å². The summed E-state index contributed by atoms with van der Waals surface area (Å²) in [7, 11) is -2.24. The molecule has 1 heterocycles. The Bertz CT molecular complexity index is 873. The van der Waals surface area contributed by atoms with E-state index in [4.69, 9.17) is 4.74 Å². The lowest BCUT2D eigenvalue weighted by Gasteiger charge is -2.31. The van der Waals surface area contributed by atoms with Gasteiger partial charge in [0.1, 0.15) is 5.75 Å². The molecule has 1 fully saturated rings. The molecule has 0 saturated carbocycles. The van der Waals surface area contributed by atoms with Gasteiger partial charge in [-0.1, -0.05) is 30.3 Å². The lowest BCUT2D eigenvalue weighted by atomic mass is 9.91. The van der Waals surface area contributed by atoms with Crippen molar-refractivity contribution in [2.75, 3.05) is 26.8 Å². The molecular weight excluding hydrogens is 378 g/mol. The van der Waals surface area contributed by atoms with Crippen molar-refractivity contribution in [1.82, 2.24) is 4.31 Å². The Kier molecular flexibility index (Phi) is 6.70. The molecule has 150 valence electrons. The van der Waals surface area contributed by atoms with E-state index in [9.17, 15) is 13.2 Å². The third-order valence-corrected chi connectivity index (χ3v) is 6.90. The van der Waals surface area contributed by atoms with E-state index >= 15 is 0 Å². The summed E-state index contributed by atoms with van der Waals surface area (Å²) >= 11 is 0. The molecule has 6 nitrogen and oxygen atoms in total. The van der Waals surface area contributed by atoms with Crippen molar-refractivity contribution in [3.8, 4) is 5.75 Å². The first-order valence-electron chi connectivity index (χ1n) is 9.33. The minimum absolute atomic E-state index is 0.211. The standard InChI is InChI=1S/C21H25NO5S/c1-26-21(23)16-27-19-7-9-20(10-8-19)28(24,25)22-13-11-18(12-14-22)15-17-5-3-2-4-6-17/h2-10,18H,11-16H2,1H3. The molecule has 3 rings (SSSR count). The van der Waals surface area contributed by atoms with Crippen LogP contribution in [0.1, 0.15) is 18.4 Å². The van der Waals surface area contributed by atoms with Gasteiger partial charge in [-0.15, -0.1) is 0 Å². The van der Waals surface area contributed by atoms with Crippen molar-refractivity contribution in [1.29, 1.82) is 0 Å². The molecule has 0 aromatic heterocycles. The average Bonchev–Trinajstić information content (AvgIpc) is 2.73. The van der Waals surface area contributed by atoms with Crippen LogP contribution in [0.4, 0.5) is 0 Å². The monoisotopic (exact) mass is 403 g/mol. The van der Waals surface area contributed by atoms with Crippen molar-refractivity contribution in [3.05, 3.63) is 60.2 Å². The number of sulfonamides is 1. The number of carbonyl (C=O) groups excluding carboxylic acids is 1. The summed E-state index contributed by atoms with van der Waals surface area (Å²) in [5.74, 6) is 0.434. The van der Waals surface area contributed by atoms with Crippen LogP contribution in [-0.4, -0.2) is 45.5 Å². The van der Waals surface area contributed by atoms with Crippen molar-refractivity contribution >= 4 is 16.0 Å². The smallest absolute Gasteiger partial charge is 0.343 e. The fraction of sp³-hybridized carbons (Fsp3) is 0.381. The molecule has 0 bridgehead atoms. The van der Waals surface area contributed by atoms with Crippen LogP contribution >= 0.6 is 0 Å². The fourth-order valence-electron chi connectivity index (χ4n) is 3.36. The lowest BCUT2D eigenvalue weighted by Crippen LogP contribution is -2.38. The molecule has 1 aliphatic rings. The normalized spacial score (nSPS) is 15.9. The van der Waals surface area contributed by atoms with Crippen molar-refractivity contribution in [2.45, 2.75) is 24.2 Å². The zero-order chi connectivity index (χ0) is 20.0. The summed E-state index contributed by atoms with van der Waals surface area (Å²) in [5.41, 5.74) is 1.30. The van der Waals surface area contributed by atoms with Gasteiger partial charge in [0.15, 0.2) is 6.61 Å². The third-order valence-electron chi connectivity index (χ3n) is 4.99. The highest BCUT2D eigenvalue weighted by Crippen LogP contribution is 2.27. The van der Waals surface area contributed by atoms with Crippen LogP contribution < -0.4 is 4.74 Å². The Morgan fingerprint density at radius 1 is 1.04 bits per heavy atom. The summed E-state index contributed by atoms with van der Waals surface area (Å²) in [6.45, 7) is 0.846. The molecule has 0 aliphatic carbocycles. The van der Waals surface area contributed by atoms with Gasteiger partial charge in [-0.05, 0) is 55.0 Å². The SMILES string of the molecule is COC(=O)COc1ccc(S(=O)(=O)N2CCC(Cc3ccccc3)CC2)cc1. The molecule has 28 heavy (non-hydrogen) atoms. The van der Waals surface area contributed by atoms with Gasteiger partial charge in [0.25, 0.3) is 0 Å². The number of carbonyl (C=O) groups is 1. The number of hydrogen-bond acceptors (Lipinski definition) is 5. The average molecular weight is 404 g/mol. The van der Waals surface area contributed by atoms with E-state index in [0.29, 0.717) is 24.8 Å². The van der Waals surface area contributed by atoms with E-state index in [1.54, 1.807) is 16.4 Å². The van der Waals surface area contributed by atoms with Gasteiger partial charge in [0, 0.05) is 13.1 Å². The lowest BCUT2D eigenvalue weighted by molar-refractivity contribution is -0.142. The first kappa shape index (κ1) is 20.4. The number of benzene rings is 2. The molecule has 2 aromatic rings. The predicted octanol–water partition coefficient (Wildman–Crippen LogP) is 2.88. The molecule has 0 spiro atoms. The summed E-state index contributed by atoms with van der Waals surface area (Å²) in [6.07, 6.45) is 2.70. The van der Waals surface area contributed by atoms with Gasteiger partial charge in [-0.2, -0.15) is 4.31 Å². The van der Waals surface area contributed by atoms with E-state index in [1.807, 2.05) is 18.2 Å². The number of nitrogens with zero attached hydrogens (tertiary/aromatic N) is 1. The topological polar surface area (TPSA) is 72.9 Å². The van der Waals surface area contributed by atoms with Crippen molar-refractivity contribution in [3.63, 3.8) is 0 Å². The second kappa shape index (κ2) is 9.21. The van der Waals surface area contributed by atoms with Gasteiger partial charge in [-0.25, -0.2) is 13.2 Å². The van der Waals surface area contributed by atoms with E-state index < -0.39 is 16.0 Å². The number of piperidine rings is 1. The number of rotatable bonds is 7. The second-order valence-electron chi connectivity index (χ2n) is 6.87. The first-order chi connectivity index (χ1) is 13.5. The number of methoxy groups -OCH3 is 1. The molecule has 2 aromatic carbocycles. The van der Waals surface area contributed by atoms with Crippen LogP contribution in [0.5, 0.6) is 5.75 Å². The number of esters is 1. The van der Waals surface area contributed by atoms with Crippen molar-refractivity contribution in [2.24, 2.45) is 5.92 Å². The zero-order valence-electron chi connectivity index (χ0n) is 15.9. The maximum absolute atomic E-state index is 12.9. The van der Waals surface area contributed by atoms with Crippen LogP contribution in [0.15, 0.2) is 59.5 Å². The number of hydrogen-bond donors (Lipinski definition) is 0. The van der Waals surface area contributed by atoms with Gasteiger partial charge in [-0.3, -0.25) is 0 Å². The highest BCUT2D eigenvalue weighted by molar-refractivity contribution is 7.89. The fourth-order valence-corrected chi connectivity index (χ4v) is 4.83. The van der Waals surface area contributed by atoms with Crippen LogP contribution in [0.25, 0.3) is 0 Å². The summed E-state index contributed by atoms with van der Waals surface area (Å²) in [4.78, 5) is 11.3. The molecule has 1 aliphatic heterocycles. The highest BCUT2D eigenvalue weighted by Gasteiger charge is 2.29. The Morgan fingerprint density at radius 3 is 2.29 bits per heavy atom. The minimum Gasteiger partial charge on any atom is -0.482 e. The van der Waals surface area contributed by atoms with E-state index in [-0.39, 0.29) is 11.5 Å². The number of ether oxygens (including phenoxy) is 2. The predicted molar refractivity (Wildman–Crippen MR) is 106 cm³/mol. The maximum Gasteiger partial charge on any atom is 0.343 e. The van der Waals surface area contributed by atoms with Crippen LogP contribution in [0.3, 0.4) is 0 Å². The van der Waals surface area contributed by atoms with Crippen LogP contribution in [0, 0.1) is 5.92 Å². The molecule has 0 amide bonds. The third kappa shape index (κ3) is 5.11. The summed E-state index contributed by atoms with van der Waals surface area (Å²) in [6, 6.07) is 16.4. The molecule has 0 unspecified atom stereocenters. The summed E-state index contributed by atoms with van der Waals surface area (Å²) < 4.78 is 37.1. The molecule has 0 N–H and O–H groups in total. The van der Waals surface area contributed by atoms with Crippen molar-refractivity contribution < 1.29 is 22.7 Å². The Labute approximate surface area is 166 Å². The second-order valence-corrected chi connectivity index (χ2v) is 8.81. The molecule has 1 saturated heterocycles. The molecule has 0 radical (unpaired) electrons. The van der Waals surface area contributed by atoms with Crippen LogP contribution in [0.2, 0.25) is 0 Å². The maximum atomic E-state index is 12.9. The van der Waals surface area contributed by atoms with Gasteiger partial charge < -0.3 is 9.47 Å².